The highest BCUT2D eigenvalue weighted by Crippen LogP contribution is 2.13. The molecule has 6 nitrogen and oxygen atoms in total. The first-order valence-corrected chi connectivity index (χ1v) is 7.71. The van der Waals surface area contributed by atoms with Crippen molar-refractivity contribution < 1.29 is 13.2 Å². The van der Waals surface area contributed by atoms with Gasteiger partial charge in [-0.3, -0.25) is 4.79 Å². The van der Waals surface area contributed by atoms with Crippen molar-refractivity contribution >= 4 is 15.9 Å². The van der Waals surface area contributed by atoms with E-state index in [1.54, 1.807) is 7.05 Å². The second-order valence-corrected chi connectivity index (χ2v) is 6.43. The number of nitrogens with one attached hydrogen (secondary N) is 1. The topological polar surface area (TPSA) is 94.2 Å². The van der Waals surface area contributed by atoms with Crippen molar-refractivity contribution in [2.75, 3.05) is 0 Å². The molecule has 1 aromatic rings. The Bertz CT molecular complexity index is 563. The summed E-state index contributed by atoms with van der Waals surface area (Å²) in [5.74, 6) is 0.0483. The molecule has 0 saturated carbocycles. The molecule has 1 amide bonds. The first-order valence-electron chi connectivity index (χ1n) is 6.16. The Labute approximate surface area is 114 Å². The minimum atomic E-state index is -3.79. The van der Waals surface area contributed by atoms with Gasteiger partial charge in [-0.25, -0.2) is 13.6 Å². The average molecular weight is 287 g/mol. The molecule has 19 heavy (non-hydrogen) atoms. The summed E-state index contributed by atoms with van der Waals surface area (Å²) in [5.41, 5.74) is 0.277. The van der Waals surface area contributed by atoms with Crippen molar-refractivity contribution in [1.82, 2.24) is 9.88 Å². The summed E-state index contributed by atoms with van der Waals surface area (Å²) in [7, 11) is -2.18. The van der Waals surface area contributed by atoms with Gasteiger partial charge in [-0.05, 0) is 18.9 Å². The number of carbonyl (C=O) groups is 1. The Balaban J connectivity index is 2.92. The van der Waals surface area contributed by atoms with E-state index in [4.69, 9.17) is 5.14 Å². The van der Waals surface area contributed by atoms with Gasteiger partial charge in [0.25, 0.3) is 5.91 Å². The van der Waals surface area contributed by atoms with Crippen molar-refractivity contribution in [3.63, 3.8) is 0 Å². The lowest BCUT2D eigenvalue weighted by atomic mass is 10.0. The number of carbonyl (C=O) groups excluding carboxylic acids is 1. The third-order valence-electron chi connectivity index (χ3n) is 3.40. The van der Waals surface area contributed by atoms with Crippen LogP contribution in [0.3, 0.4) is 0 Å². The maximum absolute atomic E-state index is 12.1. The summed E-state index contributed by atoms with van der Waals surface area (Å²) in [6.07, 6.45) is 2.29. The molecule has 1 rings (SSSR count). The van der Waals surface area contributed by atoms with Gasteiger partial charge in [-0.1, -0.05) is 20.3 Å². The van der Waals surface area contributed by atoms with Crippen LogP contribution in [0.4, 0.5) is 0 Å². The molecule has 1 aromatic heterocycles. The summed E-state index contributed by atoms with van der Waals surface area (Å²) >= 11 is 0. The predicted octanol–water partition coefficient (Wildman–Crippen LogP) is 0.837. The molecule has 0 spiro atoms. The maximum Gasteiger partial charge on any atom is 0.268 e. The third kappa shape index (κ3) is 3.81. The summed E-state index contributed by atoms with van der Waals surface area (Å²) in [5, 5.41) is 7.89. The quantitative estimate of drug-likeness (QED) is 0.840. The molecular formula is C12H21N3O3S. The molecule has 0 saturated heterocycles. The van der Waals surface area contributed by atoms with Crippen molar-refractivity contribution in [3.8, 4) is 0 Å². The van der Waals surface area contributed by atoms with Crippen LogP contribution in [-0.4, -0.2) is 24.9 Å². The molecule has 3 N–H and O–H groups in total. The largest absolute Gasteiger partial charge is 0.348 e. The molecule has 0 aromatic carbocycles. The molecule has 1 heterocycles. The molecule has 0 radical (unpaired) electrons. The zero-order valence-electron chi connectivity index (χ0n) is 11.7. The SMILES string of the molecule is CCC(C)C(C)NC(=O)c1cc(S(N)(=O)=O)cn1C. The fraction of sp³-hybridized carbons (Fsp3) is 0.583. The minimum absolute atomic E-state index is 0.0188. The summed E-state index contributed by atoms with van der Waals surface area (Å²) < 4.78 is 23.9. The first-order chi connectivity index (χ1) is 8.66. The van der Waals surface area contributed by atoms with E-state index in [-0.39, 0.29) is 22.5 Å². The predicted molar refractivity (Wildman–Crippen MR) is 73.2 cm³/mol. The fourth-order valence-electron chi connectivity index (χ4n) is 1.69. The van der Waals surface area contributed by atoms with Crippen LogP contribution in [0.2, 0.25) is 0 Å². The monoisotopic (exact) mass is 287 g/mol. The zero-order chi connectivity index (χ0) is 14.8. The van der Waals surface area contributed by atoms with Crippen LogP contribution in [0.15, 0.2) is 17.2 Å². The standard InChI is InChI=1S/C12H21N3O3S/c1-5-8(2)9(3)14-12(16)11-6-10(7-15(11)4)19(13,17)18/h6-9H,5H2,1-4H3,(H,14,16)(H2,13,17,18). The van der Waals surface area contributed by atoms with E-state index >= 15 is 0 Å². The highest BCUT2D eigenvalue weighted by Gasteiger charge is 2.20. The number of sulfonamides is 1. The molecule has 2 unspecified atom stereocenters. The molecule has 0 aliphatic rings. The van der Waals surface area contributed by atoms with Gasteiger partial charge >= 0.3 is 0 Å². The van der Waals surface area contributed by atoms with Gasteiger partial charge in [0.1, 0.15) is 10.6 Å². The van der Waals surface area contributed by atoms with Crippen LogP contribution in [-0.2, 0) is 17.1 Å². The second-order valence-electron chi connectivity index (χ2n) is 4.86. The zero-order valence-corrected chi connectivity index (χ0v) is 12.5. The molecular weight excluding hydrogens is 266 g/mol. The van der Waals surface area contributed by atoms with Gasteiger partial charge in [-0.15, -0.1) is 0 Å². The lowest BCUT2D eigenvalue weighted by molar-refractivity contribution is 0.0920. The Hall–Kier alpha value is -1.34. The van der Waals surface area contributed by atoms with Gasteiger partial charge in [-0.2, -0.15) is 0 Å². The number of nitrogens with zero attached hydrogens (tertiary/aromatic N) is 1. The van der Waals surface area contributed by atoms with E-state index in [2.05, 4.69) is 12.2 Å². The molecule has 0 aliphatic carbocycles. The minimum Gasteiger partial charge on any atom is -0.348 e. The third-order valence-corrected chi connectivity index (χ3v) is 4.28. The number of aromatic nitrogens is 1. The number of hydrogen-bond acceptors (Lipinski definition) is 3. The number of amides is 1. The Morgan fingerprint density at radius 1 is 1.47 bits per heavy atom. The summed E-state index contributed by atoms with van der Waals surface area (Å²) in [4.78, 5) is 12.0. The Morgan fingerprint density at radius 3 is 2.47 bits per heavy atom. The number of rotatable bonds is 5. The molecule has 7 heteroatoms. The molecule has 0 bridgehead atoms. The average Bonchev–Trinajstić information content (AvgIpc) is 2.69. The van der Waals surface area contributed by atoms with Crippen molar-refractivity contribution in [1.29, 1.82) is 0 Å². The van der Waals surface area contributed by atoms with E-state index in [0.29, 0.717) is 5.92 Å². The lowest BCUT2D eigenvalue weighted by Crippen LogP contribution is -2.37. The first kappa shape index (κ1) is 15.7. The smallest absolute Gasteiger partial charge is 0.268 e. The Morgan fingerprint density at radius 2 is 2.05 bits per heavy atom. The molecule has 108 valence electrons. The number of primary sulfonamides is 1. The van der Waals surface area contributed by atoms with E-state index in [9.17, 15) is 13.2 Å². The van der Waals surface area contributed by atoms with Crippen molar-refractivity contribution in [3.05, 3.63) is 18.0 Å². The Kier molecular flexibility index (Phi) is 4.75. The van der Waals surface area contributed by atoms with Crippen LogP contribution in [0, 0.1) is 5.92 Å². The molecule has 0 fully saturated rings. The highest BCUT2D eigenvalue weighted by molar-refractivity contribution is 7.89. The van der Waals surface area contributed by atoms with Gasteiger partial charge in [0.15, 0.2) is 0 Å². The number of aryl methyl sites for hydroxylation is 1. The van der Waals surface area contributed by atoms with Crippen LogP contribution in [0.5, 0.6) is 0 Å². The van der Waals surface area contributed by atoms with Crippen LogP contribution >= 0.6 is 0 Å². The van der Waals surface area contributed by atoms with Gasteiger partial charge in [0.2, 0.25) is 10.0 Å². The van der Waals surface area contributed by atoms with E-state index in [1.807, 2.05) is 13.8 Å². The summed E-state index contributed by atoms with van der Waals surface area (Å²) in [6, 6.07) is 1.30. The number of hydrogen-bond donors (Lipinski definition) is 2. The fourth-order valence-corrected chi connectivity index (χ4v) is 2.27. The second kappa shape index (κ2) is 5.75. The van der Waals surface area contributed by atoms with Crippen molar-refractivity contribution in [2.45, 2.75) is 38.1 Å². The van der Waals surface area contributed by atoms with Crippen molar-refractivity contribution in [2.24, 2.45) is 18.1 Å². The normalized spacial score (nSPS) is 15.0. The van der Waals surface area contributed by atoms with Crippen LogP contribution in [0.25, 0.3) is 0 Å². The summed E-state index contributed by atoms with van der Waals surface area (Å²) in [6.45, 7) is 6.02. The van der Waals surface area contributed by atoms with Gasteiger partial charge in [0.05, 0.1) is 0 Å². The maximum atomic E-state index is 12.1. The molecule has 0 aliphatic heterocycles. The van der Waals surface area contributed by atoms with E-state index in [0.717, 1.165) is 6.42 Å². The van der Waals surface area contributed by atoms with Crippen LogP contribution in [0.1, 0.15) is 37.7 Å². The van der Waals surface area contributed by atoms with Crippen LogP contribution < -0.4 is 10.5 Å². The van der Waals surface area contributed by atoms with E-state index in [1.165, 1.54) is 16.8 Å². The van der Waals surface area contributed by atoms with Gasteiger partial charge in [0, 0.05) is 19.3 Å². The van der Waals surface area contributed by atoms with E-state index < -0.39 is 10.0 Å². The highest BCUT2D eigenvalue weighted by atomic mass is 32.2. The lowest BCUT2D eigenvalue weighted by Gasteiger charge is -2.19. The van der Waals surface area contributed by atoms with Gasteiger partial charge < -0.3 is 9.88 Å². The molecule has 2 atom stereocenters. The number of nitrogens with two attached hydrogens (primary N) is 1.